The Morgan fingerprint density at radius 1 is 1.27 bits per heavy atom. The van der Waals surface area contributed by atoms with E-state index >= 15 is 0 Å². The molecule has 0 aromatic carbocycles. The summed E-state index contributed by atoms with van der Waals surface area (Å²) < 4.78 is 5.71. The molecule has 162 valence electrons. The van der Waals surface area contributed by atoms with Gasteiger partial charge >= 0.3 is 5.69 Å². The standard InChI is InChI=1S/C21H29BrN6O2/c1-21(10-6-4-9-15(21)22)13-28-16-17(25(2)20(30)26(3)18(16)29)24-19(28)27-11-7-5-8-14(23)12-27/h4,6,9,14H,5,7-8,10-13,23H2,1-3H3. The van der Waals surface area contributed by atoms with Crippen molar-refractivity contribution < 1.29 is 0 Å². The van der Waals surface area contributed by atoms with E-state index in [1.165, 1.54) is 11.6 Å². The number of nitrogens with zero attached hydrogens (tertiary/aromatic N) is 5. The van der Waals surface area contributed by atoms with Gasteiger partial charge in [-0.15, -0.1) is 0 Å². The molecule has 2 unspecified atom stereocenters. The van der Waals surface area contributed by atoms with Gasteiger partial charge in [0, 0.05) is 49.7 Å². The lowest BCUT2D eigenvalue weighted by molar-refractivity contribution is 0.357. The van der Waals surface area contributed by atoms with Crippen molar-refractivity contribution in [3.63, 3.8) is 0 Å². The van der Waals surface area contributed by atoms with Crippen LogP contribution >= 0.6 is 15.9 Å². The largest absolute Gasteiger partial charge is 0.341 e. The van der Waals surface area contributed by atoms with Crippen molar-refractivity contribution in [3.8, 4) is 0 Å². The number of hydrogen-bond donors (Lipinski definition) is 1. The zero-order valence-corrected chi connectivity index (χ0v) is 19.4. The van der Waals surface area contributed by atoms with Crippen LogP contribution in [0.4, 0.5) is 5.95 Å². The number of fused-ring (bicyclic) bond motifs is 1. The second-order valence-corrected chi connectivity index (χ2v) is 9.64. The topological polar surface area (TPSA) is 91.1 Å². The molecule has 2 aromatic rings. The third-order valence-corrected chi connectivity index (χ3v) is 7.57. The van der Waals surface area contributed by atoms with Crippen molar-refractivity contribution in [1.82, 2.24) is 18.7 Å². The van der Waals surface area contributed by atoms with Crippen LogP contribution in [0.3, 0.4) is 0 Å². The molecule has 9 heteroatoms. The molecule has 30 heavy (non-hydrogen) atoms. The number of hydrogen-bond acceptors (Lipinski definition) is 5. The highest BCUT2D eigenvalue weighted by Crippen LogP contribution is 2.41. The summed E-state index contributed by atoms with van der Waals surface area (Å²) in [6, 6.07) is 0.0623. The van der Waals surface area contributed by atoms with E-state index in [4.69, 9.17) is 10.7 Å². The fourth-order valence-electron chi connectivity index (χ4n) is 4.45. The van der Waals surface area contributed by atoms with Crippen LogP contribution < -0.4 is 21.9 Å². The molecule has 1 saturated heterocycles. The van der Waals surface area contributed by atoms with Crippen molar-refractivity contribution in [2.45, 2.75) is 45.2 Å². The van der Waals surface area contributed by atoms with Crippen molar-refractivity contribution >= 4 is 33.0 Å². The second-order valence-electron chi connectivity index (χ2n) is 8.79. The van der Waals surface area contributed by atoms with Gasteiger partial charge in [-0.3, -0.25) is 13.9 Å². The summed E-state index contributed by atoms with van der Waals surface area (Å²) >= 11 is 3.73. The monoisotopic (exact) mass is 476 g/mol. The van der Waals surface area contributed by atoms with E-state index in [1.807, 2.05) is 10.6 Å². The van der Waals surface area contributed by atoms with Crippen LogP contribution in [-0.4, -0.2) is 37.8 Å². The Hall–Kier alpha value is -2.13. The molecule has 1 aliphatic carbocycles. The first kappa shape index (κ1) is 21.1. The van der Waals surface area contributed by atoms with Crippen LogP contribution in [0.5, 0.6) is 0 Å². The predicted octanol–water partition coefficient (Wildman–Crippen LogP) is 2.00. The number of anilines is 1. The van der Waals surface area contributed by atoms with Crippen LogP contribution in [0.2, 0.25) is 0 Å². The minimum Gasteiger partial charge on any atom is -0.341 e. The van der Waals surface area contributed by atoms with E-state index in [-0.39, 0.29) is 22.7 Å². The number of aryl methyl sites for hydroxylation is 1. The van der Waals surface area contributed by atoms with Crippen LogP contribution in [0.15, 0.2) is 32.3 Å². The van der Waals surface area contributed by atoms with Crippen molar-refractivity contribution in [2.75, 3.05) is 18.0 Å². The molecule has 2 N–H and O–H groups in total. The summed E-state index contributed by atoms with van der Waals surface area (Å²) in [4.78, 5) is 32.7. The summed E-state index contributed by atoms with van der Waals surface area (Å²) in [7, 11) is 3.18. The molecule has 1 fully saturated rings. The zero-order valence-electron chi connectivity index (χ0n) is 17.8. The summed E-state index contributed by atoms with van der Waals surface area (Å²) in [5, 5.41) is 0. The number of aromatic nitrogens is 4. The van der Waals surface area contributed by atoms with Crippen molar-refractivity contribution in [3.05, 3.63) is 43.5 Å². The van der Waals surface area contributed by atoms with Gasteiger partial charge in [-0.2, -0.15) is 4.98 Å². The predicted molar refractivity (Wildman–Crippen MR) is 123 cm³/mol. The average Bonchev–Trinajstić information content (AvgIpc) is 2.94. The molecule has 4 rings (SSSR count). The molecule has 2 atom stereocenters. The molecule has 0 radical (unpaired) electrons. The summed E-state index contributed by atoms with van der Waals surface area (Å²) in [5.41, 5.74) is 6.30. The van der Waals surface area contributed by atoms with Gasteiger partial charge in [-0.25, -0.2) is 4.79 Å². The van der Waals surface area contributed by atoms with Gasteiger partial charge in [0.05, 0.1) is 0 Å². The first-order chi connectivity index (χ1) is 14.2. The van der Waals surface area contributed by atoms with Crippen LogP contribution in [0.1, 0.15) is 32.6 Å². The average molecular weight is 477 g/mol. The SMILES string of the molecule is Cn1c(=O)c2c(nc(N3CCCCC(N)C3)n2CC2(C)CC=CC=C2Br)n(C)c1=O. The van der Waals surface area contributed by atoms with Gasteiger partial charge < -0.3 is 15.2 Å². The van der Waals surface area contributed by atoms with Gasteiger partial charge in [-0.1, -0.05) is 47.5 Å². The maximum atomic E-state index is 13.2. The van der Waals surface area contributed by atoms with Gasteiger partial charge in [0.2, 0.25) is 5.95 Å². The lowest BCUT2D eigenvalue weighted by atomic mass is 9.83. The Morgan fingerprint density at radius 3 is 2.77 bits per heavy atom. The third kappa shape index (κ3) is 3.47. The molecule has 0 bridgehead atoms. The van der Waals surface area contributed by atoms with E-state index in [0.29, 0.717) is 24.3 Å². The Morgan fingerprint density at radius 2 is 2.03 bits per heavy atom. The molecule has 0 amide bonds. The first-order valence-corrected chi connectivity index (χ1v) is 11.2. The molecule has 2 aliphatic rings. The Kier molecular flexibility index (Phi) is 5.52. The van der Waals surface area contributed by atoms with E-state index in [9.17, 15) is 9.59 Å². The van der Waals surface area contributed by atoms with Gasteiger partial charge in [0.1, 0.15) is 0 Å². The second kappa shape index (κ2) is 7.85. The number of allylic oxidation sites excluding steroid dienone is 4. The minimum absolute atomic E-state index is 0.0623. The highest BCUT2D eigenvalue weighted by atomic mass is 79.9. The molecule has 8 nitrogen and oxygen atoms in total. The van der Waals surface area contributed by atoms with E-state index in [1.54, 1.807) is 7.05 Å². The molecular formula is C21H29BrN6O2. The highest BCUT2D eigenvalue weighted by molar-refractivity contribution is 9.11. The number of nitrogens with two attached hydrogens (primary N) is 1. The van der Waals surface area contributed by atoms with E-state index < -0.39 is 0 Å². The Balaban J connectivity index is 1.95. The molecule has 3 heterocycles. The molecule has 0 spiro atoms. The number of imidazole rings is 1. The minimum atomic E-state index is -0.371. The van der Waals surface area contributed by atoms with Gasteiger partial charge in [0.15, 0.2) is 11.2 Å². The fourth-order valence-corrected chi connectivity index (χ4v) is 4.89. The summed E-state index contributed by atoms with van der Waals surface area (Å²) in [6.07, 6.45) is 10.2. The lowest BCUT2D eigenvalue weighted by Gasteiger charge is -2.33. The highest BCUT2D eigenvalue weighted by Gasteiger charge is 2.33. The van der Waals surface area contributed by atoms with Gasteiger partial charge in [-0.05, 0) is 19.3 Å². The summed E-state index contributed by atoms with van der Waals surface area (Å²) in [5.74, 6) is 0.719. The molecular weight excluding hydrogens is 448 g/mol. The van der Waals surface area contributed by atoms with Crippen molar-refractivity contribution in [2.24, 2.45) is 25.2 Å². The van der Waals surface area contributed by atoms with E-state index in [2.05, 4.69) is 39.9 Å². The maximum Gasteiger partial charge on any atom is 0.332 e. The normalized spacial score (nSPS) is 24.9. The smallest absolute Gasteiger partial charge is 0.332 e. The van der Waals surface area contributed by atoms with Crippen LogP contribution in [-0.2, 0) is 20.6 Å². The van der Waals surface area contributed by atoms with Crippen molar-refractivity contribution in [1.29, 1.82) is 0 Å². The number of halogens is 1. The Bertz CT molecular complexity index is 1160. The molecule has 1 aliphatic heterocycles. The number of rotatable bonds is 3. The van der Waals surface area contributed by atoms with Crippen LogP contribution in [0.25, 0.3) is 11.2 Å². The molecule has 2 aromatic heterocycles. The first-order valence-electron chi connectivity index (χ1n) is 10.4. The zero-order chi connectivity index (χ0) is 21.6. The van der Waals surface area contributed by atoms with Gasteiger partial charge in [0.25, 0.3) is 5.56 Å². The lowest BCUT2D eigenvalue weighted by Crippen LogP contribution is -2.39. The van der Waals surface area contributed by atoms with E-state index in [0.717, 1.165) is 47.2 Å². The van der Waals surface area contributed by atoms with Crippen LogP contribution in [0, 0.1) is 5.41 Å². The summed E-state index contributed by atoms with van der Waals surface area (Å²) in [6.45, 7) is 4.26. The molecule has 0 saturated carbocycles. The third-order valence-electron chi connectivity index (χ3n) is 6.35. The fraction of sp³-hybridized carbons (Fsp3) is 0.571. The quantitative estimate of drug-likeness (QED) is 0.731. The maximum absolute atomic E-state index is 13.2. The Labute approximate surface area is 183 Å².